The van der Waals surface area contributed by atoms with Crippen LogP contribution in [-0.4, -0.2) is 17.4 Å². The Bertz CT molecular complexity index is 903. The zero-order valence-electron chi connectivity index (χ0n) is 14.8. The lowest BCUT2D eigenvalue weighted by Gasteiger charge is -2.30. The van der Waals surface area contributed by atoms with Crippen LogP contribution in [0.5, 0.6) is 0 Å². The van der Waals surface area contributed by atoms with Gasteiger partial charge in [0, 0.05) is 42.3 Å². The van der Waals surface area contributed by atoms with Crippen molar-refractivity contribution >= 4 is 28.9 Å². The van der Waals surface area contributed by atoms with E-state index in [9.17, 15) is 9.18 Å². The van der Waals surface area contributed by atoms with Gasteiger partial charge in [-0.2, -0.15) is 0 Å². The van der Waals surface area contributed by atoms with Crippen molar-refractivity contribution in [3.8, 4) is 0 Å². The maximum absolute atomic E-state index is 13.3. The summed E-state index contributed by atoms with van der Waals surface area (Å²) < 4.78 is 13.3. The molecule has 0 bridgehead atoms. The normalized spacial score (nSPS) is 11.7. The first-order chi connectivity index (χ1) is 13.0. The Labute approximate surface area is 162 Å². The first kappa shape index (κ1) is 18.9. The van der Waals surface area contributed by atoms with E-state index in [2.05, 4.69) is 10.3 Å². The summed E-state index contributed by atoms with van der Waals surface area (Å²) in [5, 5.41) is 3.56. The van der Waals surface area contributed by atoms with Crippen LogP contribution < -0.4 is 10.2 Å². The molecule has 1 N–H and O–H groups in total. The minimum Gasteiger partial charge on any atom is -0.348 e. The van der Waals surface area contributed by atoms with Crippen LogP contribution in [0.2, 0.25) is 5.02 Å². The smallest absolute Gasteiger partial charge is 0.217 e. The topological polar surface area (TPSA) is 45.2 Å². The SMILES string of the molecule is CC(=O)NC(CN(c1ccncc1)c1cccc(Cl)c1)c1ccc(F)cc1. The Balaban J connectivity index is 1.99. The molecule has 0 aliphatic rings. The summed E-state index contributed by atoms with van der Waals surface area (Å²) in [7, 11) is 0. The van der Waals surface area contributed by atoms with E-state index in [-0.39, 0.29) is 17.8 Å². The maximum atomic E-state index is 13.3. The highest BCUT2D eigenvalue weighted by molar-refractivity contribution is 6.30. The third-order valence-corrected chi connectivity index (χ3v) is 4.34. The van der Waals surface area contributed by atoms with E-state index in [1.165, 1.54) is 19.1 Å². The molecule has 0 radical (unpaired) electrons. The second-order valence-electron chi connectivity index (χ2n) is 6.10. The van der Waals surface area contributed by atoms with Crippen molar-refractivity contribution in [2.75, 3.05) is 11.4 Å². The molecule has 1 aromatic heterocycles. The molecule has 27 heavy (non-hydrogen) atoms. The lowest BCUT2D eigenvalue weighted by atomic mass is 10.1. The van der Waals surface area contributed by atoms with E-state index in [0.29, 0.717) is 11.6 Å². The number of benzene rings is 2. The first-order valence-electron chi connectivity index (χ1n) is 8.48. The standard InChI is InChI=1S/C21H19ClFN3O/c1-15(27)25-21(16-5-7-18(23)8-6-16)14-26(19-9-11-24-12-10-19)20-4-2-3-17(22)13-20/h2-13,21H,14H2,1H3,(H,25,27). The van der Waals surface area contributed by atoms with Crippen LogP contribution in [0.1, 0.15) is 18.5 Å². The number of nitrogens with one attached hydrogen (secondary N) is 1. The number of nitrogens with zero attached hydrogens (tertiary/aromatic N) is 2. The van der Waals surface area contributed by atoms with Crippen molar-refractivity contribution in [2.45, 2.75) is 13.0 Å². The van der Waals surface area contributed by atoms with Crippen LogP contribution >= 0.6 is 11.6 Å². The number of rotatable bonds is 6. The summed E-state index contributed by atoms with van der Waals surface area (Å²) >= 11 is 6.18. The van der Waals surface area contributed by atoms with Gasteiger partial charge in [0.25, 0.3) is 0 Å². The van der Waals surface area contributed by atoms with E-state index in [4.69, 9.17) is 11.6 Å². The quantitative estimate of drug-likeness (QED) is 0.659. The molecule has 0 fully saturated rings. The molecule has 0 spiro atoms. The van der Waals surface area contributed by atoms with Crippen LogP contribution in [-0.2, 0) is 4.79 Å². The van der Waals surface area contributed by atoms with Crippen molar-refractivity contribution in [3.05, 3.63) is 89.5 Å². The molecule has 6 heteroatoms. The average molecular weight is 384 g/mol. The highest BCUT2D eigenvalue weighted by atomic mass is 35.5. The van der Waals surface area contributed by atoms with E-state index in [1.54, 1.807) is 30.6 Å². The van der Waals surface area contributed by atoms with Gasteiger partial charge < -0.3 is 10.2 Å². The van der Waals surface area contributed by atoms with Crippen LogP contribution in [0.3, 0.4) is 0 Å². The molecular formula is C21H19ClFN3O. The minimum atomic E-state index is -0.338. The van der Waals surface area contributed by atoms with E-state index < -0.39 is 0 Å². The Kier molecular flexibility index (Phi) is 6.04. The number of amides is 1. The predicted molar refractivity (Wildman–Crippen MR) is 106 cm³/mol. The van der Waals surface area contributed by atoms with Crippen molar-refractivity contribution in [1.29, 1.82) is 0 Å². The van der Waals surface area contributed by atoms with Gasteiger partial charge in [0.1, 0.15) is 5.82 Å². The molecule has 1 unspecified atom stereocenters. The second-order valence-corrected chi connectivity index (χ2v) is 6.54. The third kappa shape index (κ3) is 5.05. The molecule has 1 heterocycles. The van der Waals surface area contributed by atoms with Gasteiger partial charge in [0.2, 0.25) is 5.91 Å². The molecule has 0 aliphatic heterocycles. The summed E-state index contributed by atoms with van der Waals surface area (Å²) in [6.45, 7) is 1.91. The molecule has 2 aromatic carbocycles. The fraction of sp³-hybridized carbons (Fsp3) is 0.143. The van der Waals surface area contributed by atoms with Crippen molar-refractivity contribution < 1.29 is 9.18 Å². The Hall–Kier alpha value is -2.92. The Morgan fingerprint density at radius 2 is 1.81 bits per heavy atom. The summed E-state index contributed by atoms with van der Waals surface area (Å²) in [6.07, 6.45) is 3.41. The van der Waals surface area contributed by atoms with Crippen molar-refractivity contribution in [3.63, 3.8) is 0 Å². The van der Waals surface area contributed by atoms with Crippen molar-refractivity contribution in [1.82, 2.24) is 10.3 Å². The van der Waals surface area contributed by atoms with Gasteiger partial charge in [-0.05, 0) is 48.0 Å². The average Bonchev–Trinajstić information content (AvgIpc) is 2.66. The molecule has 3 rings (SSSR count). The summed E-state index contributed by atoms with van der Waals surface area (Å²) in [5.74, 6) is -0.480. The molecule has 1 atom stereocenters. The van der Waals surface area contributed by atoms with Crippen molar-refractivity contribution in [2.24, 2.45) is 0 Å². The molecule has 0 saturated carbocycles. The zero-order valence-corrected chi connectivity index (χ0v) is 15.5. The highest BCUT2D eigenvalue weighted by Gasteiger charge is 2.19. The largest absolute Gasteiger partial charge is 0.348 e. The maximum Gasteiger partial charge on any atom is 0.217 e. The highest BCUT2D eigenvalue weighted by Crippen LogP contribution is 2.29. The van der Waals surface area contributed by atoms with Gasteiger partial charge in [-0.15, -0.1) is 0 Å². The van der Waals surface area contributed by atoms with Crippen LogP contribution in [0.25, 0.3) is 0 Å². The van der Waals surface area contributed by atoms with E-state index >= 15 is 0 Å². The Morgan fingerprint density at radius 1 is 1.11 bits per heavy atom. The number of hydrogen-bond acceptors (Lipinski definition) is 3. The zero-order chi connectivity index (χ0) is 19.2. The lowest BCUT2D eigenvalue weighted by Crippen LogP contribution is -2.35. The number of aromatic nitrogens is 1. The van der Waals surface area contributed by atoms with Crippen LogP contribution in [0, 0.1) is 5.82 Å². The molecule has 0 aliphatic carbocycles. The number of hydrogen-bond donors (Lipinski definition) is 1. The molecule has 3 aromatic rings. The van der Waals surface area contributed by atoms with E-state index in [1.807, 2.05) is 35.2 Å². The summed E-state index contributed by atoms with van der Waals surface area (Å²) in [5.41, 5.74) is 2.60. The molecule has 0 saturated heterocycles. The predicted octanol–water partition coefficient (Wildman–Crippen LogP) is 4.89. The van der Waals surface area contributed by atoms with Gasteiger partial charge in [-0.25, -0.2) is 4.39 Å². The van der Waals surface area contributed by atoms with Gasteiger partial charge in [-0.3, -0.25) is 9.78 Å². The molecule has 1 amide bonds. The minimum absolute atomic E-state index is 0.162. The third-order valence-electron chi connectivity index (χ3n) is 4.11. The van der Waals surface area contributed by atoms with Gasteiger partial charge in [0.15, 0.2) is 0 Å². The summed E-state index contributed by atoms with van der Waals surface area (Å²) in [6, 6.07) is 17.1. The van der Waals surface area contributed by atoms with Gasteiger partial charge in [0.05, 0.1) is 6.04 Å². The van der Waals surface area contributed by atoms with E-state index in [0.717, 1.165) is 16.9 Å². The van der Waals surface area contributed by atoms with Gasteiger partial charge in [-0.1, -0.05) is 29.8 Å². The fourth-order valence-electron chi connectivity index (χ4n) is 2.89. The number of anilines is 2. The van der Waals surface area contributed by atoms with Gasteiger partial charge >= 0.3 is 0 Å². The van der Waals surface area contributed by atoms with Crippen LogP contribution in [0.15, 0.2) is 73.1 Å². The first-order valence-corrected chi connectivity index (χ1v) is 8.86. The lowest BCUT2D eigenvalue weighted by molar-refractivity contribution is -0.119. The number of carbonyl (C=O) groups excluding carboxylic acids is 1. The molecule has 4 nitrogen and oxygen atoms in total. The molecular weight excluding hydrogens is 365 g/mol. The van der Waals surface area contributed by atoms with Crippen LogP contribution in [0.4, 0.5) is 15.8 Å². The fourth-order valence-corrected chi connectivity index (χ4v) is 3.07. The Morgan fingerprint density at radius 3 is 2.44 bits per heavy atom. The molecule has 138 valence electrons. The number of carbonyl (C=O) groups is 1. The number of pyridine rings is 1. The second kappa shape index (κ2) is 8.64. The monoisotopic (exact) mass is 383 g/mol. The number of halogens is 2. The summed E-state index contributed by atoms with van der Waals surface area (Å²) in [4.78, 5) is 17.9.